The largest absolute Gasteiger partial charge is 0.507 e. The lowest BCUT2D eigenvalue weighted by Gasteiger charge is -2.32. The number of benzene rings is 2. The highest BCUT2D eigenvalue weighted by Crippen LogP contribution is 2.65. The van der Waals surface area contributed by atoms with Gasteiger partial charge in [-0.05, 0) is 64.5 Å². The minimum absolute atomic E-state index is 0.00453. The van der Waals surface area contributed by atoms with Crippen molar-refractivity contribution in [2.45, 2.75) is 63.7 Å². The van der Waals surface area contributed by atoms with Crippen molar-refractivity contribution in [3.8, 4) is 11.5 Å². The number of rotatable bonds is 2. The van der Waals surface area contributed by atoms with Gasteiger partial charge in [-0.1, -0.05) is 39.8 Å². The smallest absolute Gasteiger partial charge is 0.154 e. The number of phenols is 2. The normalized spacial score (nSPS) is 23.5. The van der Waals surface area contributed by atoms with E-state index in [1.54, 1.807) is 13.0 Å². The maximum absolute atomic E-state index is 12.1. The average molecular weight is 378 g/mol. The van der Waals surface area contributed by atoms with Crippen LogP contribution in [0.5, 0.6) is 11.5 Å². The molecule has 0 radical (unpaired) electrons. The van der Waals surface area contributed by atoms with E-state index >= 15 is 0 Å². The molecule has 28 heavy (non-hydrogen) atoms. The van der Waals surface area contributed by atoms with Crippen LogP contribution in [0.4, 0.5) is 0 Å². The number of aldehydes is 2. The highest BCUT2D eigenvalue weighted by atomic mass is 16.3. The Morgan fingerprint density at radius 3 is 1.96 bits per heavy atom. The van der Waals surface area contributed by atoms with Crippen LogP contribution in [0.25, 0.3) is 0 Å². The highest BCUT2D eigenvalue weighted by Gasteiger charge is 2.58. The van der Waals surface area contributed by atoms with Gasteiger partial charge < -0.3 is 10.2 Å². The third kappa shape index (κ3) is 2.12. The molecule has 0 aromatic heterocycles. The van der Waals surface area contributed by atoms with Crippen molar-refractivity contribution < 1.29 is 19.8 Å². The fraction of sp³-hybridized carbons (Fsp3) is 0.417. The zero-order valence-electron chi connectivity index (χ0n) is 17.0. The summed E-state index contributed by atoms with van der Waals surface area (Å²) < 4.78 is 0. The van der Waals surface area contributed by atoms with Gasteiger partial charge in [0.2, 0.25) is 0 Å². The first-order chi connectivity index (χ1) is 13.0. The minimum atomic E-state index is -0.603. The molecule has 2 aliphatic rings. The minimum Gasteiger partial charge on any atom is -0.507 e. The molecule has 4 rings (SSSR count). The van der Waals surface area contributed by atoms with Gasteiger partial charge in [0.15, 0.2) is 12.6 Å². The van der Waals surface area contributed by atoms with Crippen LogP contribution in [0.2, 0.25) is 0 Å². The molecule has 2 aromatic carbocycles. The van der Waals surface area contributed by atoms with Crippen LogP contribution in [0.3, 0.4) is 0 Å². The lowest BCUT2D eigenvalue weighted by Crippen LogP contribution is -2.28. The van der Waals surface area contributed by atoms with E-state index in [9.17, 15) is 19.8 Å². The van der Waals surface area contributed by atoms with E-state index in [-0.39, 0.29) is 22.3 Å². The summed E-state index contributed by atoms with van der Waals surface area (Å²) in [4.78, 5) is 24.1. The van der Waals surface area contributed by atoms with Crippen molar-refractivity contribution in [1.29, 1.82) is 0 Å². The van der Waals surface area contributed by atoms with Gasteiger partial charge in [-0.2, -0.15) is 0 Å². The summed E-state index contributed by atoms with van der Waals surface area (Å²) in [7, 11) is 0. The molecule has 0 saturated carbocycles. The molecule has 1 spiro atoms. The molecular weight excluding hydrogens is 352 g/mol. The molecule has 4 heteroatoms. The first-order valence-corrected chi connectivity index (χ1v) is 9.65. The summed E-state index contributed by atoms with van der Waals surface area (Å²) >= 11 is 0. The first kappa shape index (κ1) is 18.7. The van der Waals surface area contributed by atoms with Crippen molar-refractivity contribution in [2.75, 3.05) is 0 Å². The number of aryl methyl sites for hydroxylation is 1. The lowest BCUT2D eigenvalue weighted by molar-refractivity contribution is 0.111. The number of hydrogen-bond donors (Lipinski definition) is 2. The van der Waals surface area contributed by atoms with Gasteiger partial charge in [0.05, 0.1) is 11.1 Å². The topological polar surface area (TPSA) is 74.6 Å². The zero-order chi connectivity index (χ0) is 20.6. The van der Waals surface area contributed by atoms with Crippen molar-refractivity contribution in [3.05, 3.63) is 57.1 Å². The summed E-state index contributed by atoms with van der Waals surface area (Å²) in [5, 5.41) is 21.1. The third-order valence-electron chi connectivity index (χ3n) is 6.89. The van der Waals surface area contributed by atoms with E-state index in [0.717, 1.165) is 34.8 Å². The van der Waals surface area contributed by atoms with Crippen LogP contribution in [0, 0.1) is 6.92 Å². The standard InChI is InChI=1S/C24H26O4/c1-13-8-17-20(15(10-26)21(13)28)24(12-23(17,4)5)11-22(2,3)16-6-7-18(27)14(9-25)19(16)24/h6-10,27-28H,11-12H2,1-5H3. The van der Waals surface area contributed by atoms with Gasteiger partial charge >= 0.3 is 0 Å². The molecule has 0 heterocycles. The number of carbonyl (C=O) groups excluding carboxylic acids is 2. The molecule has 146 valence electrons. The molecular formula is C24H26O4. The van der Waals surface area contributed by atoms with Crippen LogP contribution < -0.4 is 0 Å². The first-order valence-electron chi connectivity index (χ1n) is 9.65. The second-order valence-electron chi connectivity index (χ2n) is 9.74. The SMILES string of the molecule is Cc1cc2c(c(C=O)c1O)C1(CC(C)(C)c3ccc(O)c(C=O)c31)CC2(C)C. The molecule has 0 aliphatic heterocycles. The van der Waals surface area contributed by atoms with Crippen LogP contribution in [0.1, 0.15) is 89.1 Å². The Bertz CT molecular complexity index is 1050. The maximum atomic E-state index is 12.1. The van der Waals surface area contributed by atoms with Gasteiger partial charge in [-0.3, -0.25) is 9.59 Å². The Balaban J connectivity index is 2.20. The van der Waals surface area contributed by atoms with Crippen molar-refractivity contribution in [1.82, 2.24) is 0 Å². The van der Waals surface area contributed by atoms with E-state index in [0.29, 0.717) is 29.5 Å². The second kappa shape index (κ2) is 5.47. The fourth-order valence-corrected chi connectivity index (χ4v) is 6.04. The van der Waals surface area contributed by atoms with Gasteiger partial charge in [0.25, 0.3) is 0 Å². The molecule has 0 bridgehead atoms. The van der Waals surface area contributed by atoms with Crippen molar-refractivity contribution in [2.24, 2.45) is 0 Å². The Labute approximate surface area is 165 Å². The zero-order valence-corrected chi connectivity index (χ0v) is 17.0. The van der Waals surface area contributed by atoms with E-state index in [1.165, 1.54) is 0 Å². The predicted octanol–water partition coefficient (Wildman–Crippen LogP) is 4.68. The number of hydrogen-bond acceptors (Lipinski definition) is 4. The monoisotopic (exact) mass is 378 g/mol. The van der Waals surface area contributed by atoms with E-state index in [2.05, 4.69) is 27.7 Å². The Morgan fingerprint density at radius 2 is 1.39 bits per heavy atom. The molecule has 0 amide bonds. The number of phenolic OH excluding ortho intramolecular Hbond substituents is 2. The van der Waals surface area contributed by atoms with Gasteiger partial charge in [0.1, 0.15) is 11.5 Å². The molecule has 1 unspecified atom stereocenters. The summed E-state index contributed by atoms with van der Waals surface area (Å²) in [5.74, 6) is -0.0362. The molecule has 4 nitrogen and oxygen atoms in total. The molecule has 2 N–H and O–H groups in total. The molecule has 1 atom stereocenters. The third-order valence-corrected chi connectivity index (χ3v) is 6.89. The maximum Gasteiger partial charge on any atom is 0.154 e. The molecule has 0 saturated heterocycles. The van der Waals surface area contributed by atoms with Crippen LogP contribution in [0.15, 0.2) is 18.2 Å². The second-order valence-corrected chi connectivity index (χ2v) is 9.74. The lowest BCUT2D eigenvalue weighted by atomic mass is 9.70. The van der Waals surface area contributed by atoms with Crippen LogP contribution >= 0.6 is 0 Å². The molecule has 0 fully saturated rings. The highest BCUT2D eigenvalue weighted by molar-refractivity contribution is 5.89. The quantitative estimate of drug-likeness (QED) is 0.744. The predicted molar refractivity (Wildman–Crippen MR) is 108 cm³/mol. The van der Waals surface area contributed by atoms with Gasteiger partial charge in [-0.15, -0.1) is 0 Å². The number of carbonyl (C=O) groups is 2. The van der Waals surface area contributed by atoms with E-state index in [1.807, 2.05) is 12.1 Å². The van der Waals surface area contributed by atoms with Gasteiger partial charge in [-0.25, -0.2) is 0 Å². The summed E-state index contributed by atoms with van der Waals surface area (Å²) in [6.07, 6.45) is 2.87. The van der Waals surface area contributed by atoms with Crippen LogP contribution in [-0.2, 0) is 16.2 Å². The van der Waals surface area contributed by atoms with E-state index < -0.39 is 5.41 Å². The summed E-state index contributed by atoms with van der Waals surface area (Å²) in [6.45, 7) is 10.3. The van der Waals surface area contributed by atoms with Crippen molar-refractivity contribution in [3.63, 3.8) is 0 Å². The Kier molecular flexibility index (Phi) is 3.66. The average Bonchev–Trinajstić information content (AvgIpc) is 2.96. The Hall–Kier alpha value is -2.62. The van der Waals surface area contributed by atoms with E-state index in [4.69, 9.17) is 0 Å². The van der Waals surface area contributed by atoms with Crippen molar-refractivity contribution >= 4 is 12.6 Å². The number of aromatic hydroxyl groups is 2. The summed E-state index contributed by atoms with van der Waals surface area (Å²) in [5.41, 5.74) is 3.88. The van der Waals surface area contributed by atoms with Crippen LogP contribution in [-0.4, -0.2) is 22.8 Å². The summed E-state index contributed by atoms with van der Waals surface area (Å²) in [6, 6.07) is 5.45. The number of fused-ring (bicyclic) bond motifs is 4. The fourth-order valence-electron chi connectivity index (χ4n) is 6.04. The molecule has 2 aromatic rings. The van der Waals surface area contributed by atoms with Gasteiger partial charge in [0, 0.05) is 5.41 Å². The molecule has 2 aliphatic carbocycles. The Morgan fingerprint density at radius 1 is 0.857 bits per heavy atom.